The van der Waals surface area contributed by atoms with Crippen molar-refractivity contribution < 1.29 is 9.53 Å². The fourth-order valence-corrected chi connectivity index (χ4v) is 1.20. The van der Waals surface area contributed by atoms with E-state index in [0.29, 0.717) is 19.2 Å². The van der Waals surface area contributed by atoms with Crippen LogP contribution in [0.2, 0.25) is 0 Å². The summed E-state index contributed by atoms with van der Waals surface area (Å²) >= 11 is 0. The predicted molar refractivity (Wildman–Crippen MR) is 58.3 cm³/mol. The lowest BCUT2D eigenvalue weighted by atomic mass is 10.3. The number of hydrogen-bond acceptors (Lipinski definition) is 3. The number of esters is 1. The molecule has 0 aromatic carbocycles. The molecule has 0 rings (SSSR count). The first-order chi connectivity index (χ1) is 6.61. The molecule has 14 heavy (non-hydrogen) atoms. The van der Waals surface area contributed by atoms with Gasteiger partial charge in [-0.1, -0.05) is 20.3 Å². The second-order valence-electron chi connectivity index (χ2n) is 3.73. The van der Waals surface area contributed by atoms with E-state index in [1.54, 1.807) is 0 Å². The molecule has 0 aliphatic heterocycles. The van der Waals surface area contributed by atoms with Gasteiger partial charge in [-0.25, -0.2) is 0 Å². The van der Waals surface area contributed by atoms with E-state index in [2.05, 4.69) is 32.6 Å². The molecule has 0 aromatic heterocycles. The summed E-state index contributed by atoms with van der Waals surface area (Å²) in [6, 6.07) is 0.402. The first-order valence-corrected chi connectivity index (χ1v) is 5.51. The second-order valence-corrected chi connectivity index (χ2v) is 3.73. The maximum absolute atomic E-state index is 11.3. The van der Waals surface area contributed by atoms with Gasteiger partial charge in [-0.2, -0.15) is 0 Å². The molecule has 0 aliphatic rings. The Labute approximate surface area is 87.4 Å². The van der Waals surface area contributed by atoms with E-state index in [1.165, 1.54) is 0 Å². The van der Waals surface area contributed by atoms with Gasteiger partial charge in [-0.3, -0.25) is 9.69 Å². The Kier molecular flexibility index (Phi) is 7.48. The minimum absolute atomic E-state index is 0.103. The quantitative estimate of drug-likeness (QED) is 0.466. The summed E-state index contributed by atoms with van der Waals surface area (Å²) in [5, 5.41) is 0. The van der Waals surface area contributed by atoms with E-state index in [0.717, 1.165) is 19.4 Å². The van der Waals surface area contributed by atoms with Gasteiger partial charge in [-0.05, 0) is 26.8 Å². The van der Waals surface area contributed by atoms with Crippen molar-refractivity contribution in [1.82, 2.24) is 4.90 Å². The molecule has 3 heteroatoms. The third-order valence-electron chi connectivity index (χ3n) is 2.23. The van der Waals surface area contributed by atoms with Crippen molar-refractivity contribution in [3.05, 3.63) is 0 Å². The fourth-order valence-electron chi connectivity index (χ4n) is 1.20. The molecule has 0 unspecified atom stereocenters. The van der Waals surface area contributed by atoms with Crippen LogP contribution in [0.5, 0.6) is 0 Å². The van der Waals surface area contributed by atoms with Gasteiger partial charge in [0.25, 0.3) is 0 Å². The summed E-state index contributed by atoms with van der Waals surface area (Å²) in [4.78, 5) is 13.4. The van der Waals surface area contributed by atoms with E-state index in [4.69, 9.17) is 4.74 Å². The molecule has 0 aliphatic carbocycles. The van der Waals surface area contributed by atoms with Gasteiger partial charge in [0.2, 0.25) is 0 Å². The highest BCUT2D eigenvalue weighted by Gasteiger charge is 2.12. The van der Waals surface area contributed by atoms with Gasteiger partial charge in [0.1, 0.15) is 0 Å². The van der Waals surface area contributed by atoms with Crippen LogP contribution in [-0.4, -0.2) is 36.6 Å². The fraction of sp³-hybridized carbons (Fsp3) is 0.909. The molecular weight excluding hydrogens is 178 g/mol. The summed E-state index contributed by atoms with van der Waals surface area (Å²) in [7, 11) is 0. The molecule has 0 saturated carbocycles. The van der Waals surface area contributed by atoms with Crippen LogP contribution >= 0.6 is 0 Å². The Bertz CT molecular complexity index is 157. The molecule has 0 N–H and O–H groups in total. The molecule has 0 aromatic rings. The van der Waals surface area contributed by atoms with E-state index in [9.17, 15) is 4.79 Å². The lowest BCUT2D eigenvalue weighted by molar-refractivity contribution is -0.145. The third-order valence-corrected chi connectivity index (χ3v) is 2.23. The Balaban J connectivity index is 3.68. The highest BCUT2D eigenvalue weighted by Crippen LogP contribution is 1.98. The van der Waals surface area contributed by atoms with Crippen LogP contribution in [-0.2, 0) is 9.53 Å². The van der Waals surface area contributed by atoms with E-state index >= 15 is 0 Å². The molecule has 0 heterocycles. The number of unbranched alkanes of at least 4 members (excludes halogenated alkanes) is 1. The minimum atomic E-state index is -0.103. The van der Waals surface area contributed by atoms with Gasteiger partial charge >= 0.3 is 5.97 Å². The number of nitrogens with zero attached hydrogens (tertiary/aromatic N) is 1. The topological polar surface area (TPSA) is 29.5 Å². The molecule has 0 saturated heterocycles. The van der Waals surface area contributed by atoms with Crippen molar-refractivity contribution in [3.63, 3.8) is 0 Å². The number of carbonyl (C=O) groups is 1. The van der Waals surface area contributed by atoms with Crippen molar-refractivity contribution in [1.29, 1.82) is 0 Å². The van der Waals surface area contributed by atoms with Crippen LogP contribution < -0.4 is 0 Å². The first kappa shape index (κ1) is 13.4. The zero-order chi connectivity index (χ0) is 11.0. The molecule has 0 atom stereocenters. The Morgan fingerprint density at radius 1 is 1.36 bits per heavy atom. The molecule has 0 bridgehead atoms. The van der Waals surface area contributed by atoms with Gasteiger partial charge in [0.05, 0.1) is 13.2 Å². The van der Waals surface area contributed by atoms with E-state index < -0.39 is 0 Å². The Hall–Kier alpha value is -0.570. The zero-order valence-electron chi connectivity index (χ0n) is 9.88. The van der Waals surface area contributed by atoms with Gasteiger partial charge < -0.3 is 4.74 Å². The van der Waals surface area contributed by atoms with Crippen molar-refractivity contribution >= 4 is 5.97 Å². The Morgan fingerprint density at radius 3 is 2.43 bits per heavy atom. The molecular formula is C11H23NO2. The largest absolute Gasteiger partial charge is 0.465 e. The number of ether oxygens (including phenoxy) is 1. The van der Waals surface area contributed by atoms with Crippen molar-refractivity contribution in [2.45, 2.75) is 46.6 Å². The summed E-state index contributed by atoms with van der Waals surface area (Å²) in [5.41, 5.74) is 0. The smallest absolute Gasteiger partial charge is 0.320 e. The number of hydrogen-bond donors (Lipinski definition) is 0. The predicted octanol–water partition coefficient (Wildman–Crippen LogP) is 2.06. The second kappa shape index (κ2) is 7.80. The van der Waals surface area contributed by atoms with Crippen molar-refractivity contribution in [3.8, 4) is 0 Å². The highest BCUT2D eigenvalue weighted by atomic mass is 16.5. The minimum Gasteiger partial charge on any atom is -0.465 e. The average Bonchev–Trinajstić information content (AvgIpc) is 2.14. The summed E-state index contributed by atoms with van der Waals surface area (Å²) in [6.45, 7) is 10.2. The third kappa shape index (κ3) is 5.97. The van der Waals surface area contributed by atoms with Crippen LogP contribution in [0, 0.1) is 0 Å². The number of carbonyl (C=O) groups excluding carboxylic acids is 1. The number of likely N-dealkylation sites (N-methyl/N-ethyl adjacent to an activating group) is 1. The van der Waals surface area contributed by atoms with Gasteiger partial charge in [0.15, 0.2) is 0 Å². The van der Waals surface area contributed by atoms with Gasteiger partial charge in [0, 0.05) is 6.04 Å². The normalized spacial score (nSPS) is 11.0. The molecule has 84 valence electrons. The van der Waals surface area contributed by atoms with Crippen LogP contribution in [0.4, 0.5) is 0 Å². The molecule has 0 spiro atoms. The SMILES string of the molecule is CCCCOC(=O)CN(CC)C(C)C. The Morgan fingerprint density at radius 2 is 2.00 bits per heavy atom. The zero-order valence-corrected chi connectivity index (χ0v) is 9.88. The maximum atomic E-state index is 11.3. The van der Waals surface area contributed by atoms with Crippen molar-refractivity contribution in [2.24, 2.45) is 0 Å². The summed E-state index contributed by atoms with van der Waals surface area (Å²) in [5.74, 6) is -0.103. The first-order valence-electron chi connectivity index (χ1n) is 5.51. The molecule has 3 nitrogen and oxygen atoms in total. The molecule has 0 radical (unpaired) electrons. The lowest BCUT2D eigenvalue weighted by Crippen LogP contribution is -2.36. The van der Waals surface area contributed by atoms with E-state index in [-0.39, 0.29) is 5.97 Å². The molecule has 0 amide bonds. The van der Waals surface area contributed by atoms with Crippen LogP contribution in [0.15, 0.2) is 0 Å². The monoisotopic (exact) mass is 201 g/mol. The standard InChI is InChI=1S/C11H23NO2/c1-5-7-8-14-11(13)9-12(6-2)10(3)4/h10H,5-9H2,1-4H3. The maximum Gasteiger partial charge on any atom is 0.320 e. The van der Waals surface area contributed by atoms with Gasteiger partial charge in [-0.15, -0.1) is 0 Å². The van der Waals surface area contributed by atoms with Crippen LogP contribution in [0.25, 0.3) is 0 Å². The highest BCUT2D eigenvalue weighted by molar-refractivity contribution is 5.71. The lowest BCUT2D eigenvalue weighted by Gasteiger charge is -2.23. The average molecular weight is 201 g/mol. The summed E-state index contributed by atoms with van der Waals surface area (Å²) < 4.78 is 5.08. The summed E-state index contributed by atoms with van der Waals surface area (Å²) in [6.07, 6.45) is 2.02. The van der Waals surface area contributed by atoms with Crippen molar-refractivity contribution in [2.75, 3.05) is 19.7 Å². The van der Waals surface area contributed by atoms with Crippen LogP contribution in [0.3, 0.4) is 0 Å². The van der Waals surface area contributed by atoms with Crippen LogP contribution in [0.1, 0.15) is 40.5 Å². The van der Waals surface area contributed by atoms with E-state index in [1.807, 2.05) is 0 Å². The molecule has 0 fully saturated rings. The number of rotatable bonds is 7.